The number of hydrogen-bond acceptors (Lipinski definition) is 4. The lowest BCUT2D eigenvalue weighted by atomic mass is 10.2. The van der Waals surface area contributed by atoms with E-state index in [1.165, 1.54) is 0 Å². The number of nitrogen functional groups attached to an aromatic ring is 1. The lowest BCUT2D eigenvalue weighted by Gasteiger charge is -2.36. The predicted octanol–water partition coefficient (Wildman–Crippen LogP) is 0.913. The molecule has 1 aliphatic rings. The monoisotopic (exact) mass is 235 g/mol. The smallest absolute Gasteiger partial charge is 0.272 e. The summed E-state index contributed by atoms with van der Waals surface area (Å²) in [6.45, 7) is 5.08. The molecule has 1 fully saturated rings. The zero-order valence-electron chi connectivity index (χ0n) is 10.1. The summed E-state index contributed by atoms with van der Waals surface area (Å²) in [6.07, 6.45) is 0.0659. The first-order valence-corrected chi connectivity index (χ1v) is 5.73. The van der Waals surface area contributed by atoms with Crippen LogP contribution in [0.15, 0.2) is 18.2 Å². The van der Waals surface area contributed by atoms with Crippen molar-refractivity contribution in [3.05, 3.63) is 23.9 Å². The van der Waals surface area contributed by atoms with Crippen molar-refractivity contribution < 1.29 is 9.53 Å². The van der Waals surface area contributed by atoms with Gasteiger partial charge in [-0.1, -0.05) is 6.07 Å². The van der Waals surface area contributed by atoms with Gasteiger partial charge in [-0.15, -0.1) is 0 Å². The molecule has 5 nitrogen and oxygen atoms in total. The Bertz CT molecular complexity index is 422. The topological polar surface area (TPSA) is 68.5 Å². The summed E-state index contributed by atoms with van der Waals surface area (Å²) in [4.78, 5) is 18.1. The third-order valence-corrected chi connectivity index (χ3v) is 2.86. The van der Waals surface area contributed by atoms with Gasteiger partial charge in [-0.3, -0.25) is 4.79 Å². The molecule has 5 heteroatoms. The highest BCUT2D eigenvalue weighted by Crippen LogP contribution is 2.15. The first-order chi connectivity index (χ1) is 8.08. The van der Waals surface area contributed by atoms with E-state index in [2.05, 4.69) is 4.98 Å². The first-order valence-electron chi connectivity index (χ1n) is 5.73. The fourth-order valence-corrected chi connectivity index (χ4v) is 1.90. The van der Waals surface area contributed by atoms with Crippen LogP contribution in [0.4, 0.5) is 5.82 Å². The Hall–Kier alpha value is -1.62. The lowest BCUT2D eigenvalue weighted by molar-refractivity contribution is -0.0388. The van der Waals surface area contributed by atoms with E-state index in [1.807, 2.05) is 13.8 Å². The maximum absolute atomic E-state index is 12.3. The molecule has 2 atom stereocenters. The summed E-state index contributed by atoms with van der Waals surface area (Å²) >= 11 is 0. The molecule has 0 bridgehead atoms. The van der Waals surface area contributed by atoms with E-state index in [1.54, 1.807) is 23.1 Å². The second kappa shape index (κ2) is 4.71. The number of aromatic nitrogens is 1. The number of carbonyl (C=O) groups excluding carboxylic acids is 1. The van der Waals surface area contributed by atoms with Gasteiger partial charge < -0.3 is 15.4 Å². The molecule has 1 aliphatic heterocycles. The van der Waals surface area contributed by atoms with Crippen LogP contribution >= 0.6 is 0 Å². The molecule has 1 amide bonds. The Morgan fingerprint density at radius 2 is 2.29 bits per heavy atom. The second-order valence-corrected chi connectivity index (χ2v) is 4.40. The van der Waals surface area contributed by atoms with E-state index in [0.29, 0.717) is 24.7 Å². The average Bonchev–Trinajstić information content (AvgIpc) is 2.31. The molecule has 0 aromatic carbocycles. The van der Waals surface area contributed by atoms with Crippen LogP contribution in [0.1, 0.15) is 24.3 Å². The number of ether oxygens (including phenoxy) is 1. The Kier molecular flexibility index (Phi) is 3.28. The van der Waals surface area contributed by atoms with Crippen molar-refractivity contribution in [2.75, 3.05) is 18.9 Å². The van der Waals surface area contributed by atoms with Crippen molar-refractivity contribution in [3.8, 4) is 0 Å². The molecule has 1 aromatic heterocycles. The largest absolute Gasteiger partial charge is 0.384 e. The zero-order valence-corrected chi connectivity index (χ0v) is 10.1. The van der Waals surface area contributed by atoms with E-state index in [0.717, 1.165) is 0 Å². The third kappa shape index (κ3) is 2.55. The normalized spacial score (nSPS) is 24.7. The molecule has 0 radical (unpaired) electrons. The maximum atomic E-state index is 12.3. The Labute approximate surface area is 101 Å². The van der Waals surface area contributed by atoms with Crippen LogP contribution in [0.3, 0.4) is 0 Å². The molecule has 17 heavy (non-hydrogen) atoms. The van der Waals surface area contributed by atoms with Crippen LogP contribution in [0.25, 0.3) is 0 Å². The molecule has 92 valence electrons. The lowest BCUT2D eigenvalue weighted by Crippen LogP contribution is -2.50. The van der Waals surface area contributed by atoms with E-state index < -0.39 is 0 Å². The summed E-state index contributed by atoms with van der Waals surface area (Å²) in [5, 5.41) is 0. The summed E-state index contributed by atoms with van der Waals surface area (Å²) in [6, 6.07) is 5.17. The van der Waals surface area contributed by atoms with Crippen molar-refractivity contribution in [3.63, 3.8) is 0 Å². The predicted molar refractivity (Wildman–Crippen MR) is 64.6 cm³/mol. The van der Waals surface area contributed by atoms with Crippen LogP contribution in [-0.2, 0) is 4.74 Å². The molecule has 1 saturated heterocycles. The SMILES string of the molecule is C[C@H]1CN(C(=O)c2cccc(N)n2)[C@@H](C)CO1. The number of carbonyl (C=O) groups is 1. The molecule has 0 saturated carbocycles. The van der Waals surface area contributed by atoms with E-state index in [4.69, 9.17) is 10.5 Å². The fraction of sp³-hybridized carbons (Fsp3) is 0.500. The van der Waals surface area contributed by atoms with Gasteiger partial charge in [-0.25, -0.2) is 4.98 Å². The number of hydrogen-bond donors (Lipinski definition) is 1. The second-order valence-electron chi connectivity index (χ2n) is 4.40. The van der Waals surface area contributed by atoms with E-state index in [-0.39, 0.29) is 18.1 Å². The van der Waals surface area contributed by atoms with Gasteiger partial charge >= 0.3 is 0 Å². The van der Waals surface area contributed by atoms with Gasteiger partial charge in [0.1, 0.15) is 11.5 Å². The van der Waals surface area contributed by atoms with Crippen molar-refractivity contribution in [2.45, 2.75) is 26.0 Å². The minimum Gasteiger partial charge on any atom is -0.384 e. The molecule has 2 N–H and O–H groups in total. The molecule has 2 heterocycles. The van der Waals surface area contributed by atoms with Crippen LogP contribution in [0, 0.1) is 0 Å². The molecule has 1 aromatic rings. The number of rotatable bonds is 1. The maximum Gasteiger partial charge on any atom is 0.272 e. The van der Waals surface area contributed by atoms with Gasteiger partial charge in [0.05, 0.1) is 18.8 Å². The molecule has 0 unspecified atom stereocenters. The minimum atomic E-state index is -0.0834. The Morgan fingerprint density at radius 3 is 3.00 bits per heavy atom. The highest BCUT2D eigenvalue weighted by Gasteiger charge is 2.28. The Morgan fingerprint density at radius 1 is 1.53 bits per heavy atom. The fourth-order valence-electron chi connectivity index (χ4n) is 1.90. The van der Waals surface area contributed by atoms with E-state index >= 15 is 0 Å². The highest BCUT2D eigenvalue weighted by molar-refractivity contribution is 5.92. The van der Waals surface area contributed by atoms with Crippen LogP contribution < -0.4 is 5.73 Å². The number of nitrogens with zero attached hydrogens (tertiary/aromatic N) is 2. The highest BCUT2D eigenvalue weighted by atomic mass is 16.5. The van der Waals surface area contributed by atoms with Gasteiger partial charge in [0.15, 0.2) is 0 Å². The number of nitrogens with two attached hydrogens (primary N) is 1. The van der Waals surface area contributed by atoms with Crippen LogP contribution in [0.2, 0.25) is 0 Å². The van der Waals surface area contributed by atoms with Gasteiger partial charge in [0.25, 0.3) is 5.91 Å². The first kappa shape index (κ1) is 11.9. The van der Waals surface area contributed by atoms with Gasteiger partial charge in [-0.05, 0) is 26.0 Å². The van der Waals surface area contributed by atoms with Crippen LogP contribution in [0.5, 0.6) is 0 Å². The molecule has 0 spiro atoms. The van der Waals surface area contributed by atoms with Crippen molar-refractivity contribution in [1.29, 1.82) is 0 Å². The summed E-state index contributed by atoms with van der Waals surface area (Å²) < 4.78 is 5.49. The number of pyridine rings is 1. The number of morpholine rings is 1. The number of anilines is 1. The molecule has 2 rings (SSSR count). The van der Waals surface area contributed by atoms with Gasteiger partial charge in [0, 0.05) is 6.54 Å². The molecular formula is C12H17N3O2. The van der Waals surface area contributed by atoms with Crippen LogP contribution in [-0.4, -0.2) is 41.1 Å². The van der Waals surface area contributed by atoms with E-state index in [9.17, 15) is 4.79 Å². The summed E-state index contributed by atoms with van der Waals surface area (Å²) in [7, 11) is 0. The minimum absolute atomic E-state index is 0.0659. The van der Waals surface area contributed by atoms with Gasteiger partial charge in [0.2, 0.25) is 0 Å². The number of amides is 1. The zero-order chi connectivity index (χ0) is 12.4. The quantitative estimate of drug-likeness (QED) is 0.785. The standard InChI is InChI=1S/C12H17N3O2/c1-8-7-17-9(2)6-15(8)12(16)10-4-3-5-11(13)14-10/h3-5,8-9H,6-7H2,1-2H3,(H2,13,14)/t8-,9-/m0/s1. The summed E-state index contributed by atoms with van der Waals surface area (Å²) in [5.41, 5.74) is 5.98. The molecular weight excluding hydrogens is 218 g/mol. The van der Waals surface area contributed by atoms with Crippen molar-refractivity contribution >= 4 is 11.7 Å². The molecule has 0 aliphatic carbocycles. The summed E-state index contributed by atoms with van der Waals surface area (Å²) in [5.74, 6) is 0.282. The average molecular weight is 235 g/mol. The van der Waals surface area contributed by atoms with Crippen molar-refractivity contribution in [1.82, 2.24) is 9.88 Å². The van der Waals surface area contributed by atoms with Gasteiger partial charge in [-0.2, -0.15) is 0 Å². The van der Waals surface area contributed by atoms with Crippen molar-refractivity contribution in [2.24, 2.45) is 0 Å². The Balaban J connectivity index is 2.18. The third-order valence-electron chi connectivity index (χ3n) is 2.86.